The molecule has 1 aromatic carbocycles. The number of nitrogens with one attached hydrogen (secondary N) is 3. The van der Waals surface area contributed by atoms with Gasteiger partial charge in [0, 0.05) is 23.1 Å². The lowest BCUT2D eigenvalue weighted by atomic mass is 10.0. The molecule has 8 heteroatoms. The number of hydrogen-bond donors (Lipinski definition) is 3. The zero-order valence-corrected chi connectivity index (χ0v) is 15.6. The predicted octanol–water partition coefficient (Wildman–Crippen LogP) is 3.38. The molecule has 3 heterocycles. The van der Waals surface area contributed by atoms with E-state index in [2.05, 4.69) is 42.1 Å². The Morgan fingerprint density at radius 1 is 1.03 bits per heavy atom. The number of anilines is 2. The maximum atomic E-state index is 12.0. The van der Waals surface area contributed by atoms with E-state index in [0.29, 0.717) is 6.54 Å². The van der Waals surface area contributed by atoms with Gasteiger partial charge in [0.15, 0.2) is 0 Å². The van der Waals surface area contributed by atoms with E-state index in [0.717, 1.165) is 51.9 Å². The number of H-pyrrole nitrogens is 1. The molecule has 8 nitrogen and oxygen atoms in total. The van der Waals surface area contributed by atoms with Crippen LogP contribution in [0, 0.1) is 5.92 Å². The molecule has 1 fully saturated rings. The Hall–Kier alpha value is -3.81. The molecule has 29 heavy (non-hydrogen) atoms. The summed E-state index contributed by atoms with van der Waals surface area (Å²) in [6, 6.07) is 9.90. The molecule has 0 radical (unpaired) electrons. The normalized spacial score (nSPS) is 13.4. The number of hydrogen-bond acceptors (Lipinski definition) is 6. The van der Waals surface area contributed by atoms with Crippen LogP contribution in [0.2, 0.25) is 0 Å². The monoisotopic (exact) mass is 385 g/mol. The molecule has 144 valence electrons. The maximum Gasteiger partial charge on any atom is 0.227 e. The van der Waals surface area contributed by atoms with E-state index in [4.69, 9.17) is 0 Å². The van der Waals surface area contributed by atoms with Gasteiger partial charge >= 0.3 is 0 Å². The largest absolute Gasteiger partial charge is 0.378 e. The zero-order valence-electron chi connectivity index (χ0n) is 15.6. The average Bonchev–Trinajstić information content (AvgIpc) is 3.54. The third-order valence-corrected chi connectivity index (χ3v) is 4.97. The van der Waals surface area contributed by atoms with Crippen molar-refractivity contribution >= 4 is 28.2 Å². The molecule has 1 aliphatic rings. The highest BCUT2D eigenvalue weighted by atomic mass is 16.2. The Morgan fingerprint density at radius 3 is 2.79 bits per heavy atom. The third kappa shape index (κ3) is 3.77. The summed E-state index contributed by atoms with van der Waals surface area (Å²) in [5.41, 5.74) is 5.44. The highest BCUT2D eigenvalue weighted by Crippen LogP contribution is 2.31. The average molecular weight is 385 g/mol. The fraction of sp³-hybridized carbons (Fsp3) is 0.190. The number of rotatable bonds is 6. The van der Waals surface area contributed by atoms with Crippen LogP contribution in [0.1, 0.15) is 18.5 Å². The lowest BCUT2D eigenvalue weighted by molar-refractivity contribution is -0.117. The quantitative estimate of drug-likeness (QED) is 0.470. The number of aromatic amines is 1. The SMILES string of the molecule is O=C(Nc1cncc(-c2ccc3n[nH]c(CNc4ccnnc4)c3c2)c1)C1CC1. The standard InChI is InChI=1S/C21H19N7O/c29-21(13-1-2-13)26-17-7-15(9-22-10-17)14-3-4-19-18(8-14)20(28-27-19)12-23-16-5-6-24-25-11-16/h3-11,13H,1-2,12H2,(H,23,24)(H,26,29)(H,27,28). The van der Waals surface area contributed by atoms with Crippen molar-refractivity contribution in [3.63, 3.8) is 0 Å². The summed E-state index contributed by atoms with van der Waals surface area (Å²) in [6.07, 6.45) is 8.75. The minimum atomic E-state index is 0.0770. The van der Waals surface area contributed by atoms with Crippen molar-refractivity contribution in [2.75, 3.05) is 10.6 Å². The van der Waals surface area contributed by atoms with E-state index in [9.17, 15) is 4.79 Å². The molecule has 0 unspecified atom stereocenters. The zero-order chi connectivity index (χ0) is 19.6. The minimum Gasteiger partial charge on any atom is -0.378 e. The van der Waals surface area contributed by atoms with Gasteiger partial charge in [0.2, 0.25) is 5.91 Å². The molecular weight excluding hydrogens is 366 g/mol. The maximum absolute atomic E-state index is 12.0. The molecule has 1 aliphatic carbocycles. The fourth-order valence-corrected chi connectivity index (χ4v) is 3.22. The lowest BCUT2D eigenvalue weighted by Crippen LogP contribution is -2.13. The minimum absolute atomic E-state index is 0.0770. The van der Waals surface area contributed by atoms with Crippen LogP contribution in [0.5, 0.6) is 0 Å². The van der Waals surface area contributed by atoms with Gasteiger partial charge in [-0.1, -0.05) is 6.07 Å². The first kappa shape index (κ1) is 17.3. The van der Waals surface area contributed by atoms with Crippen molar-refractivity contribution in [3.05, 3.63) is 60.8 Å². The first-order chi connectivity index (χ1) is 14.3. The number of aromatic nitrogens is 5. The summed E-state index contributed by atoms with van der Waals surface area (Å²) in [4.78, 5) is 16.3. The Kier molecular flexibility index (Phi) is 4.36. The number of pyridine rings is 1. The van der Waals surface area contributed by atoms with E-state index in [-0.39, 0.29) is 11.8 Å². The van der Waals surface area contributed by atoms with Gasteiger partial charge in [-0.3, -0.25) is 14.9 Å². The van der Waals surface area contributed by atoms with Crippen LogP contribution in [-0.2, 0) is 11.3 Å². The molecular formula is C21H19N7O. The first-order valence-electron chi connectivity index (χ1n) is 9.50. The Balaban J connectivity index is 1.40. The second kappa shape index (κ2) is 7.31. The van der Waals surface area contributed by atoms with E-state index >= 15 is 0 Å². The van der Waals surface area contributed by atoms with E-state index in [1.165, 1.54) is 0 Å². The van der Waals surface area contributed by atoms with Crippen molar-refractivity contribution in [3.8, 4) is 11.1 Å². The van der Waals surface area contributed by atoms with Crippen LogP contribution < -0.4 is 10.6 Å². The molecule has 0 bridgehead atoms. The number of carbonyl (C=O) groups excluding carboxylic acids is 1. The molecule has 0 atom stereocenters. The number of benzene rings is 1. The summed E-state index contributed by atoms with van der Waals surface area (Å²) in [6.45, 7) is 0.585. The molecule has 5 rings (SSSR count). The van der Waals surface area contributed by atoms with Crippen LogP contribution in [0.25, 0.3) is 22.0 Å². The van der Waals surface area contributed by atoms with E-state index in [1.807, 2.05) is 24.3 Å². The van der Waals surface area contributed by atoms with E-state index < -0.39 is 0 Å². The number of fused-ring (bicyclic) bond motifs is 1. The van der Waals surface area contributed by atoms with Crippen molar-refractivity contribution in [2.24, 2.45) is 5.92 Å². The highest BCUT2D eigenvalue weighted by Gasteiger charge is 2.29. The van der Waals surface area contributed by atoms with Gasteiger partial charge in [-0.25, -0.2) is 0 Å². The molecule has 4 aromatic rings. The number of nitrogens with zero attached hydrogens (tertiary/aromatic N) is 4. The van der Waals surface area contributed by atoms with E-state index in [1.54, 1.807) is 24.8 Å². The van der Waals surface area contributed by atoms with Gasteiger partial charge in [0.25, 0.3) is 0 Å². The second-order valence-electron chi connectivity index (χ2n) is 7.14. The van der Waals surface area contributed by atoms with Gasteiger partial charge in [-0.05, 0) is 42.7 Å². The van der Waals surface area contributed by atoms with Crippen LogP contribution in [0.4, 0.5) is 11.4 Å². The summed E-state index contributed by atoms with van der Waals surface area (Å²) in [5, 5.41) is 22.4. The summed E-state index contributed by atoms with van der Waals surface area (Å²) < 4.78 is 0. The number of amides is 1. The van der Waals surface area contributed by atoms with Crippen molar-refractivity contribution < 1.29 is 4.79 Å². The predicted molar refractivity (Wildman–Crippen MR) is 110 cm³/mol. The summed E-state index contributed by atoms with van der Waals surface area (Å²) >= 11 is 0. The van der Waals surface area contributed by atoms with Gasteiger partial charge in [0.1, 0.15) is 0 Å². The van der Waals surface area contributed by atoms with Crippen LogP contribution in [0.15, 0.2) is 55.1 Å². The third-order valence-electron chi connectivity index (χ3n) is 4.97. The molecule has 0 aliphatic heterocycles. The summed E-state index contributed by atoms with van der Waals surface area (Å²) in [7, 11) is 0. The van der Waals surface area contributed by atoms with Gasteiger partial charge in [-0.2, -0.15) is 15.3 Å². The molecule has 3 aromatic heterocycles. The molecule has 1 saturated carbocycles. The van der Waals surface area contributed by atoms with Crippen molar-refractivity contribution in [1.82, 2.24) is 25.4 Å². The van der Waals surface area contributed by atoms with Crippen LogP contribution >= 0.6 is 0 Å². The van der Waals surface area contributed by atoms with Crippen LogP contribution in [0.3, 0.4) is 0 Å². The topological polar surface area (TPSA) is 108 Å². The fourth-order valence-electron chi connectivity index (χ4n) is 3.22. The number of carbonyl (C=O) groups is 1. The molecule has 3 N–H and O–H groups in total. The second-order valence-corrected chi connectivity index (χ2v) is 7.14. The highest BCUT2D eigenvalue weighted by molar-refractivity contribution is 5.94. The lowest BCUT2D eigenvalue weighted by Gasteiger charge is -2.07. The molecule has 0 spiro atoms. The Bertz CT molecular complexity index is 1170. The Morgan fingerprint density at radius 2 is 1.97 bits per heavy atom. The first-order valence-corrected chi connectivity index (χ1v) is 9.50. The van der Waals surface area contributed by atoms with Crippen molar-refractivity contribution in [1.29, 1.82) is 0 Å². The van der Waals surface area contributed by atoms with Gasteiger partial charge in [0.05, 0.1) is 47.7 Å². The molecule has 0 saturated heterocycles. The van der Waals surface area contributed by atoms with Gasteiger partial charge in [-0.15, -0.1) is 0 Å². The smallest absolute Gasteiger partial charge is 0.227 e. The summed E-state index contributed by atoms with van der Waals surface area (Å²) in [5.74, 6) is 0.236. The molecule has 1 amide bonds. The van der Waals surface area contributed by atoms with Gasteiger partial charge < -0.3 is 10.6 Å². The van der Waals surface area contributed by atoms with Crippen LogP contribution in [-0.4, -0.2) is 31.3 Å². The Labute approximate surface area is 166 Å². The van der Waals surface area contributed by atoms with Crippen molar-refractivity contribution in [2.45, 2.75) is 19.4 Å².